The molecular formula is C22H23NO4S2. The van der Waals surface area contributed by atoms with Crippen molar-refractivity contribution in [1.82, 2.24) is 4.90 Å². The number of hydrogen-bond acceptors (Lipinski definition) is 6. The Morgan fingerprint density at radius 1 is 1.17 bits per heavy atom. The molecule has 0 atom stereocenters. The quantitative estimate of drug-likeness (QED) is 0.399. The van der Waals surface area contributed by atoms with E-state index in [2.05, 4.69) is 4.74 Å². The summed E-state index contributed by atoms with van der Waals surface area (Å²) in [5.74, 6) is 3.60. The summed E-state index contributed by atoms with van der Waals surface area (Å²) < 4.78 is 11.0. The highest BCUT2D eigenvalue weighted by molar-refractivity contribution is 8.26. The molecule has 0 N–H and O–H groups in total. The molecule has 1 aromatic rings. The van der Waals surface area contributed by atoms with E-state index in [0.29, 0.717) is 32.6 Å². The summed E-state index contributed by atoms with van der Waals surface area (Å²) in [7, 11) is 1.33. The van der Waals surface area contributed by atoms with Gasteiger partial charge >= 0.3 is 5.97 Å². The third-order valence-corrected chi connectivity index (χ3v) is 8.13. The van der Waals surface area contributed by atoms with Gasteiger partial charge in [0.15, 0.2) is 0 Å². The lowest BCUT2D eigenvalue weighted by Crippen LogP contribution is -2.57. The van der Waals surface area contributed by atoms with Crippen molar-refractivity contribution < 1.29 is 18.7 Å². The van der Waals surface area contributed by atoms with Crippen molar-refractivity contribution in [2.45, 2.75) is 38.1 Å². The summed E-state index contributed by atoms with van der Waals surface area (Å²) in [6.45, 7) is 0. The normalized spacial score (nSPS) is 34.7. The number of thiocarbonyl (C=S) groups is 1. The molecule has 4 bridgehead atoms. The highest BCUT2D eigenvalue weighted by atomic mass is 32.2. The zero-order chi connectivity index (χ0) is 20.1. The van der Waals surface area contributed by atoms with Crippen LogP contribution in [0.1, 0.15) is 43.6 Å². The summed E-state index contributed by atoms with van der Waals surface area (Å²) in [4.78, 5) is 27.0. The molecule has 1 aromatic heterocycles. The lowest BCUT2D eigenvalue weighted by atomic mass is 9.54. The molecule has 0 aromatic carbocycles. The lowest BCUT2D eigenvalue weighted by Gasteiger charge is -2.56. The second-order valence-corrected chi connectivity index (χ2v) is 10.2. The summed E-state index contributed by atoms with van der Waals surface area (Å²) in [6, 6.07) is 3.81. The van der Waals surface area contributed by atoms with Crippen molar-refractivity contribution >= 4 is 52.3 Å². The van der Waals surface area contributed by atoms with Gasteiger partial charge in [-0.1, -0.05) is 24.0 Å². The van der Waals surface area contributed by atoms with Crippen molar-refractivity contribution in [3.05, 3.63) is 34.6 Å². The van der Waals surface area contributed by atoms with Crippen LogP contribution in [0.4, 0.5) is 0 Å². The van der Waals surface area contributed by atoms with Crippen molar-refractivity contribution in [3.63, 3.8) is 0 Å². The van der Waals surface area contributed by atoms with E-state index in [4.69, 9.17) is 16.6 Å². The maximum absolute atomic E-state index is 13.2. The van der Waals surface area contributed by atoms with Gasteiger partial charge in [0.05, 0.1) is 12.0 Å². The van der Waals surface area contributed by atoms with E-state index < -0.39 is 5.97 Å². The minimum absolute atomic E-state index is 0.0144. The average molecular weight is 430 g/mol. The van der Waals surface area contributed by atoms with Gasteiger partial charge in [-0.3, -0.25) is 9.69 Å². The van der Waals surface area contributed by atoms with E-state index in [0.717, 1.165) is 11.8 Å². The molecule has 0 radical (unpaired) electrons. The maximum atomic E-state index is 13.2. The summed E-state index contributed by atoms with van der Waals surface area (Å²) in [5.41, 5.74) is 0. The number of esters is 1. The molecule has 5 nitrogen and oxygen atoms in total. The highest BCUT2D eigenvalue weighted by Crippen LogP contribution is 2.56. The topological polar surface area (TPSA) is 59.8 Å². The fraction of sp³-hybridized carbons (Fsp3) is 0.500. The zero-order valence-corrected chi connectivity index (χ0v) is 17.8. The van der Waals surface area contributed by atoms with Crippen molar-refractivity contribution in [1.29, 1.82) is 0 Å². The smallest absolute Gasteiger partial charge is 0.330 e. The average Bonchev–Trinajstić information content (AvgIpc) is 3.24. The number of carbonyl (C=O) groups excluding carboxylic acids is 2. The number of amides is 1. The number of thioether (sulfide) groups is 1. The Morgan fingerprint density at radius 3 is 2.48 bits per heavy atom. The Labute approximate surface area is 179 Å². The number of furan rings is 1. The number of rotatable bonds is 4. The van der Waals surface area contributed by atoms with E-state index >= 15 is 0 Å². The molecule has 1 saturated heterocycles. The second kappa shape index (κ2) is 7.43. The molecule has 0 spiro atoms. The van der Waals surface area contributed by atoms with Crippen LogP contribution in [0.3, 0.4) is 0 Å². The fourth-order valence-corrected chi connectivity index (χ4v) is 7.26. The van der Waals surface area contributed by atoms with Crippen LogP contribution in [0, 0.1) is 23.7 Å². The van der Waals surface area contributed by atoms with Crippen LogP contribution < -0.4 is 0 Å². The van der Waals surface area contributed by atoms with Gasteiger partial charge in [0.2, 0.25) is 0 Å². The van der Waals surface area contributed by atoms with Crippen LogP contribution >= 0.6 is 24.0 Å². The third-order valence-electron chi connectivity index (χ3n) is 6.80. The van der Waals surface area contributed by atoms with Crippen LogP contribution in [0.15, 0.2) is 27.5 Å². The first-order valence-corrected chi connectivity index (χ1v) is 11.4. The monoisotopic (exact) mass is 429 g/mol. The van der Waals surface area contributed by atoms with Crippen LogP contribution in [0.2, 0.25) is 0 Å². The molecule has 0 unspecified atom stereocenters. The number of hydrogen-bond donors (Lipinski definition) is 0. The summed E-state index contributed by atoms with van der Waals surface area (Å²) in [5, 5.41) is 0. The molecule has 6 rings (SSSR count). The molecule has 1 aliphatic heterocycles. The van der Waals surface area contributed by atoms with Gasteiger partial charge in [0.1, 0.15) is 15.8 Å². The number of methoxy groups -OCH3 is 1. The molecule has 4 saturated carbocycles. The highest BCUT2D eigenvalue weighted by Gasteiger charge is 2.53. The van der Waals surface area contributed by atoms with E-state index in [-0.39, 0.29) is 11.9 Å². The standard InChI is InChI=1S/C22H23NO4S2/c1-26-19(24)5-4-16-2-3-17(27-16)11-18-21(25)23(22(28)29-18)20-14-7-12-6-13(9-14)10-15(20)8-12/h2-5,11-15,20H,6-10H2,1H3/b5-4+,18-11-. The third kappa shape index (κ3) is 3.48. The maximum Gasteiger partial charge on any atom is 0.330 e. The van der Waals surface area contributed by atoms with Gasteiger partial charge < -0.3 is 9.15 Å². The van der Waals surface area contributed by atoms with Crippen LogP contribution in [0.5, 0.6) is 0 Å². The van der Waals surface area contributed by atoms with Crippen LogP contribution in [-0.4, -0.2) is 34.2 Å². The molecule has 2 heterocycles. The largest absolute Gasteiger partial charge is 0.466 e. The van der Waals surface area contributed by atoms with E-state index in [9.17, 15) is 9.59 Å². The van der Waals surface area contributed by atoms with Crippen LogP contribution in [-0.2, 0) is 14.3 Å². The summed E-state index contributed by atoms with van der Waals surface area (Å²) >= 11 is 7.00. The molecule has 1 amide bonds. The molecule has 4 aliphatic carbocycles. The van der Waals surface area contributed by atoms with E-state index in [1.165, 1.54) is 57.1 Å². The summed E-state index contributed by atoms with van der Waals surface area (Å²) in [6.07, 6.45) is 11.0. The molecule has 152 valence electrons. The van der Waals surface area contributed by atoms with Crippen molar-refractivity contribution in [2.24, 2.45) is 23.7 Å². The van der Waals surface area contributed by atoms with Crippen molar-refractivity contribution in [2.75, 3.05) is 7.11 Å². The van der Waals surface area contributed by atoms with Crippen LogP contribution in [0.25, 0.3) is 12.2 Å². The van der Waals surface area contributed by atoms with Gasteiger partial charge in [0, 0.05) is 18.2 Å². The Morgan fingerprint density at radius 2 is 1.83 bits per heavy atom. The first-order chi connectivity index (χ1) is 14.0. The van der Waals surface area contributed by atoms with Gasteiger partial charge in [0.25, 0.3) is 5.91 Å². The molecular weight excluding hydrogens is 406 g/mol. The SMILES string of the molecule is COC(=O)/C=C/c1ccc(/C=C2\SC(=S)N(C3C4CC5CC(C4)CC3C5)C2=O)o1. The second-order valence-electron chi connectivity index (χ2n) is 8.57. The molecule has 5 fully saturated rings. The molecule has 29 heavy (non-hydrogen) atoms. The van der Waals surface area contributed by atoms with Gasteiger partial charge in [-0.15, -0.1) is 0 Å². The minimum atomic E-state index is -0.445. The number of nitrogens with zero attached hydrogens (tertiary/aromatic N) is 1. The Kier molecular flexibility index (Phi) is 4.90. The zero-order valence-electron chi connectivity index (χ0n) is 16.2. The Balaban J connectivity index is 1.34. The van der Waals surface area contributed by atoms with Gasteiger partial charge in [-0.25, -0.2) is 4.79 Å². The first kappa shape index (κ1) is 19.1. The molecule has 7 heteroatoms. The minimum Gasteiger partial charge on any atom is -0.466 e. The number of ether oxygens (including phenoxy) is 1. The Bertz CT molecular complexity index is 903. The number of carbonyl (C=O) groups is 2. The predicted molar refractivity (Wildman–Crippen MR) is 116 cm³/mol. The fourth-order valence-electron chi connectivity index (χ4n) is 5.94. The Hall–Kier alpha value is -1.86. The molecule has 5 aliphatic rings. The van der Waals surface area contributed by atoms with Gasteiger partial charge in [-0.2, -0.15) is 0 Å². The lowest BCUT2D eigenvalue weighted by molar-refractivity contribution is -0.134. The predicted octanol–water partition coefficient (Wildman–Crippen LogP) is 4.49. The van der Waals surface area contributed by atoms with E-state index in [1.807, 2.05) is 4.90 Å². The van der Waals surface area contributed by atoms with Gasteiger partial charge in [-0.05, 0) is 74.0 Å². The van der Waals surface area contributed by atoms with Crippen molar-refractivity contribution in [3.8, 4) is 0 Å². The van der Waals surface area contributed by atoms with E-state index in [1.54, 1.807) is 24.3 Å². The first-order valence-electron chi connectivity index (χ1n) is 10.1.